The molecule has 0 aliphatic rings. The Kier molecular flexibility index (Phi) is 3.88. The van der Waals surface area contributed by atoms with Crippen molar-refractivity contribution in [3.8, 4) is 0 Å². The predicted octanol–water partition coefficient (Wildman–Crippen LogP) is 1.94. The largest absolute Gasteiger partial charge is 0.383 e. The molecule has 2 aromatic rings. The van der Waals surface area contributed by atoms with Crippen LogP contribution in [0.2, 0.25) is 0 Å². The highest BCUT2D eigenvalue weighted by Gasteiger charge is 2.07. The lowest BCUT2D eigenvalue weighted by Crippen LogP contribution is -2.18. The van der Waals surface area contributed by atoms with Crippen LogP contribution in [0.1, 0.15) is 6.92 Å². The van der Waals surface area contributed by atoms with E-state index >= 15 is 0 Å². The van der Waals surface area contributed by atoms with Crippen molar-refractivity contribution in [2.45, 2.75) is 13.5 Å². The number of thiazole rings is 1. The van der Waals surface area contributed by atoms with E-state index in [1.165, 1.54) is 30.4 Å². The number of aromatic nitrogens is 1. The molecule has 0 fully saturated rings. The summed E-state index contributed by atoms with van der Waals surface area (Å²) in [6.45, 7) is 2.48. The number of benzene rings is 1. The van der Waals surface area contributed by atoms with Crippen molar-refractivity contribution in [3.63, 3.8) is 0 Å². The van der Waals surface area contributed by atoms with Gasteiger partial charge >= 0.3 is 0 Å². The Morgan fingerprint density at radius 2 is 2.33 bits per heavy atom. The number of nitrogens with zero attached hydrogens (tertiary/aromatic N) is 2. The SMILES string of the molecule is COCCn1c(=NC(C)=O)sc2cc(F)ccc21. The van der Waals surface area contributed by atoms with E-state index in [4.69, 9.17) is 4.74 Å². The van der Waals surface area contributed by atoms with Gasteiger partial charge in [0.2, 0.25) is 5.91 Å². The Balaban J connectivity index is 2.64. The summed E-state index contributed by atoms with van der Waals surface area (Å²) < 4.78 is 20.8. The van der Waals surface area contributed by atoms with E-state index in [1.54, 1.807) is 13.2 Å². The molecule has 1 amide bonds. The van der Waals surface area contributed by atoms with Crippen molar-refractivity contribution < 1.29 is 13.9 Å². The van der Waals surface area contributed by atoms with Crippen LogP contribution in [-0.2, 0) is 16.1 Å². The number of carbonyl (C=O) groups excluding carboxylic acids is 1. The van der Waals surface area contributed by atoms with Gasteiger partial charge in [-0.25, -0.2) is 4.39 Å². The normalized spacial score (nSPS) is 12.3. The van der Waals surface area contributed by atoms with E-state index in [0.29, 0.717) is 18.0 Å². The van der Waals surface area contributed by atoms with Crippen molar-refractivity contribution in [2.24, 2.45) is 4.99 Å². The van der Waals surface area contributed by atoms with E-state index in [0.717, 1.165) is 10.2 Å². The first kappa shape index (κ1) is 12.9. The minimum absolute atomic E-state index is 0.270. The molecule has 0 N–H and O–H groups in total. The maximum absolute atomic E-state index is 13.2. The van der Waals surface area contributed by atoms with Gasteiger partial charge in [-0.3, -0.25) is 4.79 Å². The van der Waals surface area contributed by atoms with Crippen molar-refractivity contribution in [1.29, 1.82) is 0 Å². The Morgan fingerprint density at radius 3 is 3.00 bits per heavy atom. The number of methoxy groups -OCH3 is 1. The number of rotatable bonds is 3. The molecule has 2 rings (SSSR count). The third-order valence-electron chi connectivity index (χ3n) is 2.42. The second-order valence-electron chi connectivity index (χ2n) is 3.77. The molecule has 1 aromatic carbocycles. The van der Waals surface area contributed by atoms with Crippen LogP contribution >= 0.6 is 11.3 Å². The molecule has 6 heteroatoms. The van der Waals surface area contributed by atoms with Gasteiger partial charge in [0.15, 0.2) is 4.80 Å². The minimum Gasteiger partial charge on any atom is -0.383 e. The van der Waals surface area contributed by atoms with E-state index < -0.39 is 0 Å². The monoisotopic (exact) mass is 268 g/mol. The summed E-state index contributed by atoms with van der Waals surface area (Å²) in [5.74, 6) is -0.565. The first-order valence-electron chi connectivity index (χ1n) is 5.45. The summed E-state index contributed by atoms with van der Waals surface area (Å²) in [6.07, 6.45) is 0. The molecule has 0 unspecified atom stereocenters. The zero-order chi connectivity index (χ0) is 13.1. The second kappa shape index (κ2) is 5.41. The summed E-state index contributed by atoms with van der Waals surface area (Å²) in [5, 5.41) is 0. The average Bonchev–Trinajstić information content (AvgIpc) is 2.62. The first-order valence-corrected chi connectivity index (χ1v) is 6.26. The van der Waals surface area contributed by atoms with Crippen molar-refractivity contribution >= 4 is 27.5 Å². The van der Waals surface area contributed by atoms with Crippen LogP contribution in [0, 0.1) is 5.82 Å². The van der Waals surface area contributed by atoms with E-state index in [2.05, 4.69) is 4.99 Å². The fourth-order valence-corrected chi connectivity index (χ4v) is 2.79. The van der Waals surface area contributed by atoms with Crippen LogP contribution < -0.4 is 4.80 Å². The predicted molar refractivity (Wildman–Crippen MR) is 67.9 cm³/mol. The Labute approximate surface area is 107 Å². The quantitative estimate of drug-likeness (QED) is 0.853. The average molecular weight is 268 g/mol. The summed E-state index contributed by atoms with van der Waals surface area (Å²) in [4.78, 5) is 15.6. The van der Waals surface area contributed by atoms with E-state index in [-0.39, 0.29) is 11.7 Å². The van der Waals surface area contributed by atoms with Crippen molar-refractivity contribution in [2.75, 3.05) is 13.7 Å². The van der Waals surface area contributed by atoms with E-state index in [9.17, 15) is 9.18 Å². The maximum Gasteiger partial charge on any atom is 0.245 e. The lowest BCUT2D eigenvalue weighted by atomic mass is 10.3. The number of hydrogen-bond donors (Lipinski definition) is 0. The molecule has 0 aliphatic heterocycles. The van der Waals surface area contributed by atoms with Gasteiger partial charge in [0.05, 0.1) is 16.8 Å². The third kappa shape index (κ3) is 2.65. The fourth-order valence-electron chi connectivity index (χ4n) is 1.67. The zero-order valence-corrected chi connectivity index (χ0v) is 11.0. The number of hydrogen-bond acceptors (Lipinski definition) is 3. The first-order chi connectivity index (χ1) is 8.61. The third-order valence-corrected chi connectivity index (χ3v) is 3.46. The van der Waals surface area contributed by atoms with Crippen LogP contribution in [-0.4, -0.2) is 24.2 Å². The number of fused-ring (bicyclic) bond motifs is 1. The molecule has 0 saturated heterocycles. The topological polar surface area (TPSA) is 43.6 Å². The van der Waals surface area contributed by atoms with Gasteiger partial charge in [-0.1, -0.05) is 11.3 Å². The Hall–Kier alpha value is -1.53. The van der Waals surface area contributed by atoms with Crippen LogP contribution in [0.4, 0.5) is 4.39 Å². The lowest BCUT2D eigenvalue weighted by Gasteiger charge is -2.03. The molecule has 0 radical (unpaired) electrons. The molecule has 1 aromatic heterocycles. The van der Waals surface area contributed by atoms with Crippen LogP contribution in [0.15, 0.2) is 23.2 Å². The van der Waals surface area contributed by atoms with E-state index in [1.807, 2.05) is 4.57 Å². The summed E-state index contributed by atoms with van der Waals surface area (Å²) in [6, 6.07) is 4.54. The molecule has 0 saturated carbocycles. The minimum atomic E-state index is -0.294. The smallest absolute Gasteiger partial charge is 0.245 e. The van der Waals surface area contributed by atoms with Crippen LogP contribution in [0.25, 0.3) is 10.2 Å². The highest BCUT2D eigenvalue weighted by atomic mass is 32.1. The summed E-state index contributed by atoms with van der Waals surface area (Å²) in [7, 11) is 1.61. The molecule has 0 bridgehead atoms. The highest BCUT2D eigenvalue weighted by Crippen LogP contribution is 2.18. The molecule has 0 atom stereocenters. The molecule has 0 aliphatic carbocycles. The zero-order valence-electron chi connectivity index (χ0n) is 10.1. The number of ether oxygens (including phenoxy) is 1. The molecule has 18 heavy (non-hydrogen) atoms. The standard InChI is InChI=1S/C12H13FN2O2S/c1-8(16)14-12-15(5-6-17-2)10-4-3-9(13)7-11(10)18-12/h3-4,7H,5-6H2,1-2H3. The molecule has 4 nitrogen and oxygen atoms in total. The molecule has 1 heterocycles. The molecule has 0 spiro atoms. The van der Waals surface area contributed by atoms with Gasteiger partial charge < -0.3 is 9.30 Å². The van der Waals surface area contributed by atoms with Crippen LogP contribution in [0.3, 0.4) is 0 Å². The van der Waals surface area contributed by atoms with Gasteiger partial charge in [0.1, 0.15) is 5.82 Å². The van der Waals surface area contributed by atoms with Crippen LogP contribution in [0.5, 0.6) is 0 Å². The van der Waals surface area contributed by atoms with Crippen molar-refractivity contribution in [1.82, 2.24) is 4.57 Å². The van der Waals surface area contributed by atoms with Gasteiger partial charge in [-0.05, 0) is 18.2 Å². The lowest BCUT2D eigenvalue weighted by molar-refractivity contribution is -0.116. The van der Waals surface area contributed by atoms with Crippen molar-refractivity contribution in [3.05, 3.63) is 28.8 Å². The fraction of sp³-hybridized carbons (Fsp3) is 0.333. The summed E-state index contributed by atoms with van der Waals surface area (Å²) in [5.41, 5.74) is 0.860. The van der Waals surface area contributed by atoms with Gasteiger partial charge in [-0.2, -0.15) is 4.99 Å². The molecular formula is C12H13FN2O2S. The number of halogens is 1. The molecular weight excluding hydrogens is 255 g/mol. The maximum atomic E-state index is 13.2. The Bertz CT molecular complexity index is 645. The summed E-state index contributed by atoms with van der Waals surface area (Å²) >= 11 is 1.30. The second-order valence-corrected chi connectivity index (χ2v) is 4.78. The van der Waals surface area contributed by atoms with Gasteiger partial charge in [-0.15, -0.1) is 0 Å². The molecule has 96 valence electrons. The Morgan fingerprint density at radius 1 is 1.56 bits per heavy atom. The van der Waals surface area contributed by atoms with Gasteiger partial charge in [0, 0.05) is 20.6 Å². The highest BCUT2D eigenvalue weighted by molar-refractivity contribution is 7.16. The van der Waals surface area contributed by atoms with Gasteiger partial charge in [0.25, 0.3) is 0 Å². The number of carbonyl (C=O) groups is 1. The number of amides is 1.